The first-order chi connectivity index (χ1) is 10.1. The largest absolute Gasteiger partial charge is 0.299 e. The van der Waals surface area contributed by atoms with Crippen LogP contribution in [0.5, 0.6) is 0 Å². The molecule has 0 radical (unpaired) electrons. The molecule has 0 N–H and O–H groups in total. The summed E-state index contributed by atoms with van der Waals surface area (Å²) in [7, 11) is 0. The molecule has 4 aliphatic rings. The van der Waals surface area contributed by atoms with Crippen LogP contribution in [0.15, 0.2) is 22.7 Å². The van der Waals surface area contributed by atoms with Crippen LogP contribution < -0.4 is 0 Å². The number of hydrogen-bond acceptors (Lipinski definition) is 1. The van der Waals surface area contributed by atoms with Crippen molar-refractivity contribution in [2.24, 2.45) is 29.6 Å². The molecule has 1 nitrogen and oxygen atoms in total. The van der Waals surface area contributed by atoms with Crippen LogP contribution in [0.3, 0.4) is 0 Å². The Bertz CT molecular complexity index is 555. The zero-order valence-electron chi connectivity index (χ0n) is 12.0. The van der Waals surface area contributed by atoms with Crippen molar-refractivity contribution in [1.29, 1.82) is 0 Å². The van der Waals surface area contributed by atoms with Gasteiger partial charge < -0.3 is 0 Å². The second-order valence-corrected chi connectivity index (χ2v) is 8.19. The van der Waals surface area contributed by atoms with Crippen LogP contribution in [0.1, 0.15) is 37.7 Å². The lowest BCUT2D eigenvalue weighted by atomic mass is 9.51. The van der Waals surface area contributed by atoms with Crippen molar-refractivity contribution in [1.82, 2.24) is 0 Å². The molecular formula is C18H20BrFO. The SMILES string of the molecule is O=C(Cc1cc(F)ccc1Br)C1C2CC3CC(C2)CC1C3. The molecule has 0 aromatic heterocycles. The van der Waals surface area contributed by atoms with Crippen molar-refractivity contribution in [2.45, 2.75) is 38.5 Å². The topological polar surface area (TPSA) is 17.1 Å². The third-order valence-electron chi connectivity index (χ3n) is 5.97. The number of carbonyl (C=O) groups excluding carboxylic acids is 1. The normalized spacial score (nSPS) is 37.0. The van der Waals surface area contributed by atoms with Gasteiger partial charge in [-0.15, -0.1) is 0 Å². The summed E-state index contributed by atoms with van der Waals surface area (Å²) in [5.41, 5.74) is 0.800. The Kier molecular flexibility index (Phi) is 3.44. The van der Waals surface area contributed by atoms with E-state index in [2.05, 4.69) is 15.9 Å². The van der Waals surface area contributed by atoms with E-state index in [4.69, 9.17) is 0 Å². The molecule has 0 unspecified atom stereocenters. The van der Waals surface area contributed by atoms with Crippen LogP contribution in [0.4, 0.5) is 4.39 Å². The number of benzene rings is 1. The van der Waals surface area contributed by atoms with Gasteiger partial charge in [0.1, 0.15) is 11.6 Å². The first kappa shape index (κ1) is 13.9. The monoisotopic (exact) mass is 350 g/mol. The van der Waals surface area contributed by atoms with E-state index in [1.54, 1.807) is 6.07 Å². The van der Waals surface area contributed by atoms with Gasteiger partial charge in [0.2, 0.25) is 0 Å². The molecule has 0 aliphatic heterocycles. The molecule has 4 bridgehead atoms. The van der Waals surface area contributed by atoms with Crippen molar-refractivity contribution in [3.8, 4) is 0 Å². The number of rotatable bonds is 3. The van der Waals surface area contributed by atoms with Crippen LogP contribution in [-0.2, 0) is 11.2 Å². The minimum absolute atomic E-state index is 0.243. The fourth-order valence-corrected chi connectivity index (χ4v) is 5.82. The van der Waals surface area contributed by atoms with Gasteiger partial charge in [0.25, 0.3) is 0 Å². The molecule has 4 aliphatic carbocycles. The van der Waals surface area contributed by atoms with E-state index in [0.29, 0.717) is 24.0 Å². The first-order valence-corrected chi connectivity index (χ1v) is 8.86. The maximum Gasteiger partial charge on any atom is 0.140 e. The van der Waals surface area contributed by atoms with E-state index in [0.717, 1.165) is 21.9 Å². The van der Waals surface area contributed by atoms with Gasteiger partial charge in [-0.25, -0.2) is 4.39 Å². The van der Waals surface area contributed by atoms with E-state index in [9.17, 15) is 9.18 Å². The molecule has 4 fully saturated rings. The predicted molar refractivity (Wildman–Crippen MR) is 83.3 cm³/mol. The minimum atomic E-state index is -0.258. The molecule has 112 valence electrons. The first-order valence-electron chi connectivity index (χ1n) is 8.07. The standard InChI is InChI=1S/C18H20BrFO/c19-16-2-1-15(20)8-12(16)9-17(21)18-13-4-10-3-11(6-13)7-14(18)5-10/h1-2,8,10-11,13-14,18H,3-7,9H2. The molecule has 1 aromatic carbocycles. The fourth-order valence-electron chi connectivity index (χ4n) is 5.44. The van der Waals surface area contributed by atoms with Gasteiger partial charge >= 0.3 is 0 Å². The lowest BCUT2D eigenvalue weighted by Gasteiger charge is -2.53. The highest BCUT2D eigenvalue weighted by Crippen LogP contribution is 2.56. The summed E-state index contributed by atoms with van der Waals surface area (Å²) in [4.78, 5) is 12.8. The van der Waals surface area contributed by atoms with Crippen molar-refractivity contribution < 1.29 is 9.18 Å². The Morgan fingerprint density at radius 1 is 1.10 bits per heavy atom. The molecule has 0 saturated heterocycles. The van der Waals surface area contributed by atoms with E-state index in [1.807, 2.05) is 0 Å². The number of ketones is 1. The van der Waals surface area contributed by atoms with Crippen molar-refractivity contribution >= 4 is 21.7 Å². The maximum absolute atomic E-state index is 13.4. The smallest absolute Gasteiger partial charge is 0.140 e. The van der Waals surface area contributed by atoms with E-state index in [1.165, 1.54) is 44.2 Å². The quantitative estimate of drug-likeness (QED) is 0.767. The maximum atomic E-state index is 13.4. The summed E-state index contributed by atoms with van der Waals surface area (Å²) in [6.45, 7) is 0. The molecule has 4 saturated carbocycles. The van der Waals surface area contributed by atoms with Crippen LogP contribution in [0, 0.1) is 35.4 Å². The number of halogens is 2. The zero-order valence-corrected chi connectivity index (χ0v) is 13.6. The van der Waals surface area contributed by atoms with Crippen LogP contribution in [0.2, 0.25) is 0 Å². The molecule has 0 spiro atoms. The Morgan fingerprint density at radius 3 is 2.33 bits per heavy atom. The predicted octanol–water partition coefficient (Wildman–Crippen LogP) is 4.77. The molecule has 0 heterocycles. The highest BCUT2D eigenvalue weighted by molar-refractivity contribution is 9.10. The number of hydrogen-bond donors (Lipinski definition) is 0. The summed E-state index contributed by atoms with van der Waals surface area (Å²) in [5, 5.41) is 0. The molecule has 1 aromatic rings. The van der Waals surface area contributed by atoms with E-state index < -0.39 is 0 Å². The molecular weight excluding hydrogens is 331 g/mol. The van der Waals surface area contributed by atoms with Crippen molar-refractivity contribution in [3.63, 3.8) is 0 Å². The molecule has 0 amide bonds. The van der Waals surface area contributed by atoms with Gasteiger partial charge in [0.15, 0.2) is 0 Å². The van der Waals surface area contributed by atoms with Gasteiger partial charge in [-0.3, -0.25) is 4.79 Å². The van der Waals surface area contributed by atoms with Gasteiger partial charge in [-0.05, 0) is 79.5 Å². The highest BCUT2D eigenvalue weighted by atomic mass is 79.9. The second kappa shape index (κ2) is 5.19. The summed E-state index contributed by atoms with van der Waals surface area (Å²) in [6.07, 6.45) is 6.82. The Morgan fingerprint density at radius 2 is 1.71 bits per heavy atom. The molecule has 5 rings (SSSR count). The third kappa shape index (κ3) is 2.48. The fraction of sp³-hybridized carbons (Fsp3) is 0.611. The van der Waals surface area contributed by atoms with E-state index >= 15 is 0 Å². The minimum Gasteiger partial charge on any atom is -0.299 e. The lowest BCUT2D eigenvalue weighted by Crippen LogP contribution is -2.48. The van der Waals surface area contributed by atoms with Gasteiger partial charge in [0, 0.05) is 16.8 Å². The highest BCUT2D eigenvalue weighted by Gasteiger charge is 2.50. The Labute approximate surface area is 133 Å². The average Bonchev–Trinajstić information content (AvgIpc) is 2.41. The lowest BCUT2D eigenvalue weighted by molar-refractivity contribution is -0.135. The summed E-state index contributed by atoms with van der Waals surface area (Å²) in [6, 6.07) is 4.63. The second-order valence-electron chi connectivity index (χ2n) is 7.34. The van der Waals surface area contributed by atoms with E-state index in [-0.39, 0.29) is 11.7 Å². The summed E-state index contributed by atoms with van der Waals surface area (Å²) in [5.74, 6) is 3.33. The zero-order chi connectivity index (χ0) is 14.6. The number of carbonyl (C=O) groups is 1. The van der Waals surface area contributed by atoms with Crippen LogP contribution in [0.25, 0.3) is 0 Å². The van der Waals surface area contributed by atoms with Crippen LogP contribution >= 0.6 is 15.9 Å². The Hall–Kier alpha value is -0.700. The summed E-state index contributed by atoms with van der Waals surface area (Å²) < 4.78 is 14.2. The Balaban J connectivity index is 1.54. The molecule has 21 heavy (non-hydrogen) atoms. The molecule has 3 heteroatoms. The van der Waals surface area contributed by atoms with Crippen molar-refractivity contribution in [3.05, 3.63) is 34.1 Å². The average molecular weight is 351 g/mol. The van der Waals surface area contributed by atoms with Gasteiger partial charge in [-0.1, -0.05) is 15.9 Å². The van der Waals surface area contributed by atoms with Crippen molar-refractivity contribution in [2.75, 3.05) is 0 Å². The van der Waals surface area contributed by atoms with Crippen LogP contribution in [-0.4, -0.2) is 5.78 Å². The van der Waals surface area contributed by atoms with Gasteiger partial charge in [-0.2, -0.15) is 0 Å². The number of Topliss-reactive ketones (excluding diaryl/α,β-unsaturated/α-hetero) is 1. The third-order valence-corrected chi connectivity index (χ3v) is 6.74. The van der Waals surface area contributed by atoms with Gasteiger partial charge in [0.05, 0.1) is 0 Å². The summed E-state index contributed by atoms with van der Waals surface area (Å²) >= 11 is 3.44. The molecule has 0 atom stereocenters.